The van der Waals surface area contributed by atoms with Crippen LogP contribution in [-0.4, -0.2) is 32.1 Å². The van der Waals surface area contributed by atoms with E-state index in [1.165, 1.54) is 0 Å². The predicted molar refractivity (Wildman–Crippen MR) is 96.2 cm³/mol. The van der Waals surface area contributed by atoms with Crippen molar-refractivity contribution in [3.8, 4) is 11.5 Å². The number of hydrogen-bond donors (Lipinski definition) is 2. The van der Waals surface area contributed by atoms with Crippen LogP contribution < -0.4 is 20.1 Å². The summed E-state index contributed by atoms with van der Waals surface area (Å²) in [4.78, 5) is 24.3. The van der Waals surface area contributed by atoms with E-state index >= 15 is 0 Å². The van der Waals surface area contributed by atoms with Crippen molar-refractivity contribution in [1.29, 1.82) is 0 Å². The van der Waals surface area contributed by atoms with Crippen LogP contribution in [0, 0.1) is 0 Å². The minimum atomic E-state index is -0.305. The van der Waals surface area contributed by atoms with Gasteiger partial charge in [0.2, 0.25) is 5.91 Å². The zero-order valence-electron chi connectivity index (χ0n) is 14.5. The lowest BCUT2D eigenvalue weighted by Gasteiger charge is -2.14. The minimum Gasteiger partial charge on any atom is -0.497 e. The molecule has 25 heavy (non-hydrogen) atoms. The maximum atomic E-state index is 12.2. The summed E-state index contributed by atoms with van der Waals surface area (Å²) in [5, 5.41) is 5.59. The summed E-state index contributed by atoms with van der Waals surface area (Å²) in [5.41, 5.74) is 1.13. The fourth-order valence-electron chi connectivity index (χ4n) is 2.32. The zero-order valence-corrected chi connectivity index (χ0v) is 14.5. The molecule has 0 saturated heterocycles. The molecule has 6 nitrogen and oxygen atoms in total. The van der Waals surface area contributed by atoms with Gasteiger partial charge in [0.05, 0.1) is 14.2 Å². The Morgan fingerprint density at radius 1 is 1.00 bits per heavy atom. The lowest BCUT2D eigenvalue weighted by molar-refractivity contribution is -0.116. The van der Waals surface area contributed by atoms with Gasteiger partial charge in [-0.15, -0.1) is 0 Å². The van der Waals surface area contributed by atoms with E-state index in [0.717, 1.165) is 0 Å². The molecule has 6 heteroatoms. The van der Waals surface area contributed by atoms with Gasteiger partial charge in [-0.2, -0.15) is 0 Å². The van der Waals surface area contributed by atoms with Crippen molar-refractivity contribution >= 4 is 17.5 Å². The Hall–Kier alpha value is -3.02. The summed E-state index contributed by atoms with van der Waals surface area (Å²) in [6, 6.07) is 13.7. The van der Waals surface area contributed by atoms with Crippen LogP contribution in [0.25, 0.3) is 0 Å². The third-order valence-corrected chi connectivity index (χ3v) is 3.54. The first-order valence-corrected chi connectivity index (χ1v) is 7.90. The van der Waals surface area contributed by atoms with Crippen molar-refractivity contribution in [2.75, 3.05) is 19.5 Å². The van der Waals surface area contributed by atoms with E-state index in [-0.39, 0.29) is 24.3 Å². The second kappa shape index (κ2) is 8.73. The van der Waals surface area contributed by atoms with Gasteiger partial charge in [-0.05, 0) is 19.1 Å². The Kier molecular flexibility index (Phi) is 6.39. The lowest BCUT2D eigenvalue weighted by atomic mass is 10.1. The molecular weight excluding hydrogens is 320 g/mol. The van der Waals surface area contributed by atoms with E-state index in [0.29, 0.717) is 22.7 Å². The Balaban J connectivity index is 1.92. The fourth-order valence-corrected chi connectivity index (χ4v) is 2.32. The summed E-state index contributed by atoms with van der Waals surface area (Å²) in [6.07, 6.45) is 0.151. The third kappa shape index (κ3) is 5.53. The molecule has 0 aliphatic rings. The van der Waals surface area contributed by atoms with Crippen LogP contribution in [0.1, 0.15) is 23.7 Å². The van der Waals surface area contributed by atoms with Gasteiger partial charge in [0, 0.05) is 41.9 Å². The first-order valence-electron chi connectivity index (χ1n) is 7.90. The summed E-state index contributed by atoms with van der Waals surface area (Å²) in [5.74, 6) is 0.750. The first kappa shape index (κ1) is 18.3. The van der Waals surface area contributed by atoms with E-state index in [9.17, 15) is 9.59 Å². The molecule has 0 aliphatic carbocycles. The molecule has 0 heterocycles. The van der Waals surface area contributed by atoms with Gasteiger partial charge in [-0.1, -0.05) is 18.2 Å². The highest BCUT2D eigenvalue weighted by Crippen LogP contribution is 2.25. The van der Waals surface area contributed by atoms with Gasteiger partial charge >= 0.3 is 0 Å². The van der Waals surface area contributed by atoms with Crippen LogP contribution in [0.3, 0.4) is 0 Å². The number of carbonyl (C=O) groups excluding carboxylic acids is 2. The van der Waals surface area contributed by atoms with Crippen molar-refractivity contribution in [2.24, 2.45) is 0 Å². The second-order valence-electron chi connectivity index (χ2n) is 5.59. The molecule has 0 fully saturated rings. The van der Waals surface area contributed by atoms with Gasteiger partial charge in [-0.3, -0.25) is 9.59 Å². The average Bonchev–Trinajstić information content (AvgIpc) is 2.61. The van der Waals surface area contributed by atoms with E-state index < -0.39 is 0 Å². The molecule has 2 amide bonds. The molecule has 0 spiro atoms. The normalized spacial score (nSPS) is 11.3. The Morgan fingerprint density at radius 3 is 2.16 bits per heavy atom. The standard InChI is InChI=1S/C19H22N2O4/c1-13(20-19(23)14-7-5-4-6-8-14)9-18(22)21-15-10-16(24-2)12-17(11-15)25-3/h4-8,10-13H,9H2,1-3H3,(H,20,23)(H,21,22). The topological polar surface area (TPSA) is 76.7 Å². The molecule has 0 aliphatic heterocycles. The molecule has 0 bridgehead atoms. The molecule has 2 rings (SSSR count). The molecule has 2 N–H and O–H groups in total. The summed E-state index contributed by atoms with van der Waals surface area (Å²) in [7, 11) is 3.09. The highest BCUT2D eigenvalue weighted by atomic mass is 16.5. The Bertz CT molecular complexity index is 709. The van der Waals surface area contributed by atoms with E-state index in [4.69, 9.17) is 9.47 Å². The quantitative estimate of drug-likeness (QED) is 0.811. The van der Waals surface area contributed by atoms with E-state index in [2.05, 4.69) is 10.6 Å². The van der Waals surface area contributed by atoms with Crippen LogP contribution in [0.5, 0.6) is 11.5 Å². The third-order valence-electron chi connectivity index (χ3n) is 3.54. The number of nitrogens with one attached hydrogen (secondary N) is 2. The molecule has 2 aromatic rings. The van der Waals surface area contributed by atoms with Crippen LogP contribution in [0.15, 0.2) is 48.5 Å². The summed E-state index contributed by atoms with van der Waals surface area (Å²) in [6.45, 7) is 1.78. The molecule has 2 aromatic carbocycles. The van der Waals surface area contributed by atoms with E-state index in [1.807, 2.05) is 6.07 Å². The summed E-state index contributed by atoms with van der Waals surface area (Å²) >= 11 is 0. The van der Waals surface area contributed by atoms with Crippen molar-refractivity contribution in [3.63, 3.8) is 0 Å². The van der Waals surface area contributed by atoms with Crippen molar-refractivity contribution in [3.05, 3.63) is 54.1 Å². The Morgan fingerprint density at radius 2 is 1.60 bits per heavy atom. The number of anilines is 1. The second-order valence-corrected chi connectivity index (χ2v) is 5.59. The van der Waals surface area contributed by atoms with Crippen LogP contribution in [-0.2, 0) is 4.79 Å². The average molecular weight is 342 g/mol. The molecule has 0 aromatic heterocycles. The number of hydrogen-bond acceptors (Lipinski definition) is 4. The summed E-state index contributed by atoms with van der Waals surface area (Å²) < 4.78 is 10.3. The highest BCUT2D eigenvalue weighted by molar-refractivity contribution is 5.95. The Labute approximate surface area is 147 Å². The lowest BCUT2D eigenvalue weighted by Crippen LogP contribution is -2.35. The highest BCUT2D eigenvalue weighted by Gasteiger charge is 2.14. The smallest absolute Gasteiger partial charge is 0.251 e. The van der Waals surface area contributed by atoms with Gasteiger partial charge in [0.15, 0.2) is 0 Å². The molecule has 1 unspecified atom stereocenters. The van der Waals surface area contributed by atoms with Gasteiger partial charge in [0.1, 0.15) is 11.5 Å². The number of ether oxygens (including phenoxy) is 2. The molecule has 1 atom stereocenters. The van der Waals surface area contributed by atoms with E-state index in [1.54, 1.807) is 63.6 Å². The number of amides is 2. The number of rotatable bonds is 7. The predicted octanol–water partition coefficient (Wildman–Crippen LogP) is 2.85. The van der Waals surface area contributed by atoms with Crippen molar-refractivity contribution < 1.29 is 19.1 Å². The largest absolute Gasteiger partial charge is 0.497 e. The molecule has 132 valence electrons. The first-order chi connectivity index (χ1) is 12.0. The minimum absolute atomic E-state index is 0.151. The number of benzene rings is 2. The maximum absolute atomic E-state index is 12.2. The number of methoxy groups -OCH3 is 2. The number of carbonyl (C=O) groups is 2. The van der Waals surface area contributed by atoms with Gasteiger partial charge in [0.25, 0.3) is 5.91 Å². The monoisotopic (exact) mass is 342 g/mol. The van der Waals surface area contributed by atoms with Crippen molar-refractivity contribution in [2.45, 2.75) is 19.4 Å². The zero-order chi connectivity index (χ0) is 18.2. The molecular formula is C19H22N2O4. The van der Waals surface area contributed by atoms with Crippen LogP contribution >= 0.6 is 0 Å². The SMILES string of the molecule is COc1cc(NC(=O)CC(C)NC(=O)c2ccccc2)cc(OC)c1. The fraction of sp³-hybridized carbons (Fsp3) is 0.263. The van der Waals surface area contributed by atoms with Gasteiger partial charge < -0.3 is 20.1 Å². The maximum Gasteiger partial charge on any atom is 0.251 e. The molecule has 0 saturated carbocycles. The van der Waals surface area contributed by atoms with Crippen molar-refractivity contribution in [1.82, 2.24) is 5.32 Å². The van der Waals surface area contributed by atoms with Gasteiger partial charge in [-0.25, -0.2) is 0 Å². The van der Waals surface area contributed by atoms with Crippen LogP contribution in [0.4, 0.5) is 5.69 Å². The molecule has 0 radical (unpaired) electrons. The van der Waals surface area contributed by atoms with Crippen LogP contribution in [0.2, 0.25) is 0 Å².